The first-order chi connectivity index (χ1) is 12.7. The minimum atomic E-state index is -0.412. The number of rotatable bonds is 6. The number of nitrogens with zero attached hydrogens (tertiary/aromatic N) is 3. The number of ether oxygens (including phenoxy) is 1. The number of fused-ring (bicyclic) bond motifs is 1. The number of aromatic amines is 1. The van der Waals surface area contributed by atoms with Crippen LogP contribution in [-0.4, -0.2) is 38.4 Å². The number of aliphatic hydroxyl groups excluding tert-OH is 1. The van der Waals surface area contributed by atoms with E-state index in [0.717, 1.165) is 5.69 Å². The van der Waals surface area contributed by atoms with Crippen LogP contribution in [0, 0.1) is 0 Å². The van der Waals surface area contributed by atoms with Crippen LogP contribution in [0.3, 0.4) is 0 Å². The number of carbonyl (C=O) groups excluding carboxylic acids is 1. The summed E-state index contributed by atoms with van der Waals surface area (Å²) >= 11 is 0. The molecule has 0 spiro atoms. The number of hydrogen-bond donors (Lipinski definition) is 4. The van der Waals surface area contributed by atoms with Crippen LogP contribution < -0.4 is 15.4 Å². The van der Waals surface area contributed by atoms with Crippen LogP contribution in [-0.2, 0) is 6.61 Å². The highest BCUT2D eigenvalue weighted by atomic mass is 16.5. The molecule has 3 rings (SSSR count). The summed E-state index contributed by atoms with van der Waals surface area (Å²) in [7, 11) is 1.49. The number of carbonyl (C=O) groups is 1. The van der Waals surface area contributed by atoms with Gasteiger partial charge in [-0.05, 0) is 18.6 Å². The van der Waals surface area contributed by atoms with Gasteiger partial charge < -0.3 is 15.2 Å². The van der Waals surface area contributed by atoms with Gasteiger partial charge in [0.15, 0.2) is 0 Å². The highest BCUT2D eigenvalue weighted by Gasteiger charge is 2.17. The largest absolute Gasteiger partial charge is 0.479 e. The Bertz CT molecular complexity index is 896. The van der Waals surface area contributed by atoms with E-state index in [1.165, 1.54) is 7.11 Å². The molecule has 0 aliphatic heterocycles. The average Bonchev–Trinajstić information content (AvgIpc) is 3.09. The number of methoxy groups -OCH3 is 1. The fourth-order valence-electron chi connectivity index (χ4n) is 2.70. The zero-order chi connectivity index (χ0) is 18.5. The second kappa shape index (κ2) is 7.79. The van der Waals surface area contributed by atoms with Crippen LogP contribution in [0.25, 0.3) is 10.9 Å². The number of H-pyrrole nitrogens is 1. The Morgan fingerprint density at radius 2 is 2.27 bits per heavy atom. The maximum absolute atomic E-state index is 12.3. The molecule has 0 aliphatic carbocycles. The highest BCUT2D eigenvalue weighted by Crippen LogP contribution is 2.27. The molecule has 1 unspecified atom stereocenters. The van der Waals surface area contributed by atoms with E-state index in [-0.39, 0.29) is 12.6 Å². The molecule has 0 aromatic carbocycles. The first-order valence-electron chi connectivity index (χ1n) is 8.17. The third kappa shape index (κ3) is 3.57. The monoisotopic (exact) mass is 356 g/mol. The Morgan fingerprint density at radius 3 is 2.92 bits per heavy atom. The molecule has 3 aromatic rings. The van der Waals surface area contributed by atoms with Gasteiger partial charge in [-0.25, -0.2) is 9.78 Å². The van der Waals surface area contributed by atoms with Gasteiger partial charge in [-0.2, -0.15) is 0 Å². The molecule has 1 atom stereocenters. The Kier molecular flexibility index (Phi) is 5.28. The van der Waals surface area contributed by atoms with Crippen molar-refractivity contribution in [1.29, 1.82) is 0 Å². The quantitative estimate of drug-likeness (QED) is 0.536. The summed E-state index contributed by atoms with van der Waals surface area (Å²) in [5, 5.41) is 22.5. The van der Waals surface area contributed by atoms with E-state index in [0.29, 0.717) is 34.7 Å². The van der Waals surface area contributed by atoms with Crippen LogP contribution >= 0.6 is 0 Å². The molecule has 26 heavy (non-hydrogen) atoms. The van der Waals surface area contributed by atoms with Crippen molar-refractivity contribution in [2.75, 3.05) is 12.4 Å². The number of aromatic nitrogens is 4. The van der Waals surface area contributed by atoms with Crippen molar-refractivity contribution in [3.63, 3.8) is 0 Å². The average molecular weight is 356 g/mol. The number of nitrogens with one attached hydrogen (secondary N) is 3. The Labute approximate surface area is 149 Å². The van der Waals surface area contributed by atoms with Gasteiger partial charge in [0.05, 0.1) is 42.0 Å². The first kappa shape index (κ1) is 17.6. The van der Waals surface area contributed by atoms with Crippen molar-refractivity contribution >= 4 is 22.8 Å². The third-order valence-electron chi connectivity index (χ3n) is 3.93. The molecule has 2 amide bonds. The van der Waals surface area contributed by atoms with Gasteiger partial charge in [-0.1, -0.05) is 13.0 Å². The van der Waals surface area contributed by atoms with Crippen molar-refractivity contribution in [2.24, 2.45) is 0 Å². The number of anilines is 1. The summed E-state index contributed by atoms with van der Waals surface area (Å²) in [5.41, 5.74) is 1.75. The minimum absolute atomic E-state index is 0.218. The summed E-state index contributed by atoms with van der Waals surface area (Å²) in [6.45, 7) is 1.65. The topological polar surface area (TPSA) is 125 Å². The molecular weight excluding hydrogens is 336 g/mol. The fourth-order valence-corrected chi connectivity index (χ4v) is 2.70. The summed E-state index contributed by atoms with van der Waals surface area (Å²) in [4.78, 5) is 20.9. The first-order valence-corrected chi connectivity index (χ1v) is 8.17. The minimum Gasteiger partial charge on any atom is -0.479 e. The van der Waals surface area contributed by atoms with Crippen LogP contribution in [0.2, 0.25) is 0 Å². The predicted molar refractivity (Wildman–Crippen MR) is 95.8 cm³/mol. The Morgan fingerprint density at radius 1 is 1.42 bits per heavy atom. The lowest BCUT2D eigenvalue weighted by molar-refractivity contribution is 0.247. The highest BCUT2D eigenvalue weighted by molar-refractivity contribution is 5.93. The summed E-state index contributed by atoms with van der Waals surface area (Å²) < 4.78 is 5.15. The van der Waals surface area contributed by atoms with Crippen LogP contribution in [0.4, 0.5) is 10.6 Å². The summed E-state index contributed by atoms with van der Waals surface area (Å²) in [5.74, 6) is 0.634. The maximum Gasteiger partial charge on any atom is 0.320 e. The zero-order valence-electron chi connectivity index (χ0n) is 14.5. The molecule has 0 saturated carbocycles. The third-order valence-corrected chi connectivity index (χ3v) is 3.93. The second-order valence-corrected chi connectivity index (χ2v) is 5.58. The molecule has 0 aliphatic rings. The molecule has 136 valence electrons. The van der Waals surface area contributed by atoms with Crippen LogP contribution in [0.5, 0.6) is 5.88 Å². The number of hydrogen-bond acceptors (Lipinski definition) is 6. The SMILES string of the molecule is CCC(NC(=O)Nc1cc2[nH]nc(OC)c2c(CO)n1)c1ccccn1. The van der Waals surface area contributed by atoms with Gasteiger partial charge in [-0.15, -0.1) is 5.10 Å². The van der Waals surface area contributed by atoms with Gasteiger partial charge in [-0.3, -0.25) is 15.4 Å². The van der Waals surface area contributed by atoms with Gasteiger partial charge in [0, 0.05) is 12.3 Å². The molecule has 0 fully saturated rings. The van der Waals surface area contributed by atoms with Gasteiger partial charge >= 0.3 is 6.03 Å². The molecule has 3 aromatic heterocycles. The molecule has 4 N–H and O–H groups in total. The molecule has 0 bridgehead atoms. The van der Waals surface area contributed by atoms with Gasteiger partial charge in [0.25, 0.3) is 0 Å². The molecule has 9 nitrogen and oxygen atoms in total. The number of amides is 2. The molecule has 0 saturated heterocycles. The van der Waals surface area contributed by atoms with Crippen molar-refractivity contribution in [2.45, 2.75) is 26.0 Å². The number of pyridine rings is 2. The van der Waals surface area contributed by atoms with Gasteiger partial charge in [0.2, 0.25) is 5.88 Å². The molecule has 3 heterocycles. The smallest absolute Gasteiger partial charge is 0.320 e. The normalized spacial score (nSPS) is 12.0. The van der Waals surface area contributed by atoms with E-state index in [2.05, 4.69) is 30.8 Å². The van der Waals surface area contributed by atoms with E-state index in [4.69, 9.17) is 4.74 Å². The van der Waals surface area contributed by atoms with E-state index in [9.17, 15) is 9.90 Å². The van der Waals surface area contributed by atoms with Crippen LogP contribution in [0.1, 0.15) is 30.8 Å². The number of aliphatic hydroxyl groups is 1. The van der Waals surface area contributed by atoms with E-state index >= 15 is 0 Å². The van der Waals surface area contributed by atoms with Crippen molar-refractivity contribution < 1.29 is 14.6 Å². The summed E-state index contributed by atoms with van der Waals surface area (Å²) in [6, 6.07) is 6.56. The zero-order valence-corrected chi connectivity index (χ0v) is 14.5. The standard InChI is InChI=1S/C17H20N6O3/c1-3-10(11-6-4-5-7-18-11)20-17(25)21-14-8-12-15(13(9-24)19-14)16(26-2)23-22-12/h4-8,10,24H,3,9H2,1-2H3,(H,22,23)(H2,19,20,21,25). The van der Waals surface area contributed by atoms with E-state index in [1.807, 2.05) is 25.1 Å². The summed E-state index contributed by atoms with van der Waals surface area (Å²) in [6.07, 6.45) is 2.38. The van der Waals surface area contributed by atoms with Crippen molar-refractivity contribution in [3.05, 3.63) is 41.9 Å². The predicted octanol–water partition coefficient (Wildman–Crippen LogP) is 2.13. The lowest BCUT2D eigenvalue weighted by Crippen LogP contribution is -2.33. The van der Waals surface area contributed by atoms with E-state index in [1.54, 1.807) is 12.3 Å². The Balaban J connectivity index is 1.78. The molecule has 9 heteroatoms. The maximum atomic E-state index is 12.3. The Hall–Kier alpha value is -3.20. The van der Waals surface area contributed by atoms with Gasteiger partial charge in [0.1, 0.15) is 5.82 Å². The second-order valence-electron chi connectivity index (χ2n) is 5.58. The lowest BCUT2D eigenvalue weighted by Gasteiger charge is -2.17. The fraction of sp³-hybridized carbons (Fsp3) is 0.294. The van der Waals surface area contributed by atoms with Crippen molar-refractivity contribution in [1.82, 2.24) is 25.5 Å². The van der Waals surface area contributed by atoms with Crippen LogP contribution in [0.15, 0.2) is 30.5 Å². The van der Waals surface area contributed by atoms with Crippen molar-refractivity contribution in [3.8, 4) is 5.88 Å². The molecular formula is C17H20N6O3. The molecule has 0 radical (unpaired) electrons. The van der Waals surface area contributed by atoms with E-state index < -0.39 is 6.03 Å². The number of urea groups is 1. The lowest BCUT2D eigenvalue weighted by atomic mass is 10.1.